The number of rotatable bonds is 6. The number of fused-ring (bicyclic) bond motifs is 1. The lowest BCUT2D eigenvalue weighted by molar-refractivity contribution is -0.144. The number of carboxylic acid groups (broad SMARTS) is 1. The molecule has 8 nitrogen and oxygen atoms in total. The number of carboxylic acids is 1. The second-order valence-electron chi connectivity index (χ2n) is 5.18. The minimum atomic E-state index is -1.38. The van der Waals surface area contributed by atoms with Crippen LogP contribution in [0.5, 0.6) is 5.75 Å². The Kier molecular flexibility index (Phi) is 5.17. The first-order valence-electron chi connectivity index (χ1n) is 7.12. The van der Waals surface area contributed by atoms with Crippen LogP contribution < -0.4 is 15.0 Å². The fraction of sp³-hybridized carbons (Fsp3) is 0.400. The van der Waals surface area contributed by atoms with Gasteiger partial charge in [-0.1, -0.05) is 12.1 Å². The highest BCUT2D eigenvalue weighted by Crippen LogP contribution is 2.31. The van der Waals surface area contributed by atoms with E-state index >= 15 is 0 Å². The molecule has 2 atom stereocenters. The topological polar surface area (TPSA) is 116 Å². The number of carbonyl (C=O) groups is 3. The van der Waals surface area contributed by atoms with Crippen LogP contribution in [0, 0.1) is 0 Å². The summed E-state index contributed by atoms with van der Waals surface area (Å²) in [6.07, 6.45) is -1.31. The summed E-state index contributed by atoms with van der Waals surface area (Å²) in [5.41, 5.74) is 0.571. The molecule has 2 unspecified atom stereocenters. The third kappa shape index (κ3) is 3.98. The molecule has 8 heteroatoms. The third-order valence-corrected chi connectivity index (χ3v) is 3.44. The Morgan fingerprint density at radius 2 is 2.09 bits per heavy atom. The Morgan fingerprint density at radius 3 is 2.74 bits per heavy atom. The van der Waals surface area contributed by atoms with Gasteiger partial charge in [-0.05, 0) is 19.1 Å². The van der Waals surface area contributed by atoms with Gasteiger partial charge < -0.3 is 25.2 Å². The van der Waals surface area contributed by atoms with E-state index in [1.165, 1.54) is 11.8 Å². The molecule has 1 aliphatic heterocycles. The number of amides is 2. The molecule has 0 saturated carbocycles. The molecule has 1 aliphatic rings. The Labute approximate surface area is 132 Å². The molecule has 0 bridgehead atoms. The van der Waals surface area contributed by atoms with Gasteiger partial charge in [-0.3, -0.25) is 9.59 Å². The molecule has 1 heterocycles. The molecule has 2 rings (SSSR count). The van der Waals surface area contributed by atoms with Crippen LogP contribution in [0.1, 0.15) is 13.3 Å². The molecular weight excluding hydrogens is 304 g/mol. The monoisotopic (exact) mass is 322 g/mol. The number of benzene rings is 1. The number of nitrogens with one attached hydrogen (secondary N) is 1. The van der Waals surface area contributed by atoms with Gasteiger partial charge in [0.05, 0.1) is 11.8 Å². The van der Waals surface area contributed by atoms with E-state index in [0.29, 0.717) is 11.4 Å². The van der Waals surface area contributed by atoms with Crippen LogP contribution in [0.15, 0.2) is 24.3 Å². The zero-order valence-electron chi connectivity index (χ0n) is 12.6. The number of hydrogen-bond acceptors (Lipinski definition) is 5. The van der Waals surface area contributed by atoms with Gasteiger partial charge in [-0.2, -0.15) is 0 Å². The molecule has 0 fully saturated rings. The van der Waals surface area contributed by atoms with Gasteiger partial charge in [0, 0.05) is 13.0 Å². The minimum Gasteiger partial charge on any atom is -0.482 e. The van der Waals surface area contributed by atoms with Crippen molar-refractivity contribution in [3.63, 3.8) is 0 Å². The van der Waals surface area contributed by atoms with Crippen molar-refractivity contribution in [1.29, 1.82) is 0 Å². The molecule has 1 aromatic rings. The van der Waals surface area contributed by atoms with E-state index in [0.717, 1.165) is 0 Å². The van der Waals surface area contributed by atoms with Crippen LogP contribution in [0.2, 0.25) is 0 Å². The van der Waals surface area contributed by atoms with Gasteiger partial charge in [0.25, 0.3) is 5.91 Å². The summed E-state index contributed by atoms with van der Waals surface area (Å²) in [6.45, 7) is 1.27. The summed E-state index contributed by atoms with van der Waals surface area (Å²) in [5.74, 6) is -1.60. The third-order valence-electron chi connectivity index (χ3n) is 3.44. The second kappa shape index (κ2) is 7.10. The predicted octanol–water partition coefficient (Wildman–Crippen LogP) is -0.248. The Bertz CT molecular complexity index is 616. The van der Waals surface area contributed by atoms with Gasteiger partial charge in [-0.15, -0.1) is 0 Å². The van der Waals surface area contributed by atoms with Crippen LogP contribution in [-0.2, 0) is 14.4 Å². The summed E-state index contributed by atoms with van der Waals surface area (Å²) in [4.78, 5) is 36.2. The molecule has 2 amide bonds. The van der Waals surface area contributed by atoms with Crippen molar-refractivity contribution in [2.24, 2.45) is 0 Å². The lowest BCUT2D eigenvalue weighted by Gasteiger charge is -2.29. The van der Waals surface area contributed by atoms with Crippen LogP contribution in [0.4, 0.5) is 5.69 Å². The number of aliphatic hydroxyl groups excluding tert-OH is 1. The predicted molar refractivity (Wildman–Crippen MR) is 80.2 cm³/mol. The van der Waals surface area contributed by atoms with Gasteiger partial charge in [-0.25, -0.2) is 4.79 Å². The number of ether oxygens (including phenoxy) is 1. The maximum atomic E-state index is 11.9. The van der Waals surface area contributed by atoms with Crippen LogP contribution >= 0.6 is 0 Å². The van der Waals surface area contributed by atoms with E-state index in [2.05, 4.69) is 5.32 Å². The maximum Gasteiger partial charge on any atom is 0.328 e. The second-order valence-corrected chi connectivity index (χ2v) is 5.18. The summed E-state index contributed by atoms with van der Waals surface area (Å²) in [7, 11) is 0. The van der Waals surface area contributed by atoms with Crippen molar-refractivity contribution in [2.75, 3.05) is 18.1 Å². The van der Waals surface area contributed by atoms with E-state index in [4.69, 9.17) is 9.84 Å². The number of carbonyl (C=O) groups excluding carboxylic acids is 2. The largest absolute Gasteiger partial charge is 0.482 e. The number of nitrogens with zero attached hydrogens (tertiary/aromatic N) is 1. The smallest absolute Gasteiger partial charge is 0.328 e. The van der Waals surface area contributed by atoms with Gasteiger partial charge >= 0.3 is 5.97 Å². The minimum absolute atomic E-state index is 0.0867. The van der Waals surface area contributed by atoms with Gasteiger partial charge in [0.2, 0.25) is 5.91 Å². The first-order valence-corrected chi connectivity index (χ1v) is 7.12. The Morgan fingerprint density at radius 1 is 1.39 bits per heavy atom. The van der Waals surface area contributed by atoms with E-state index in [1.807, 2.05) is 0 Å². The average molecular weight is 322 g/mol. The molecular formula is C15H18N2O6. The van der Waals surface area contributed by atoms with Crippen molar-refractivity contribution >= 4 is 23.5 Å². The van der Waals surface area contributed by atoms with Crippen molar-refractivity contribution in [2.45, 2.75) is 25.5 Å². The normalized spacial score (nSPS) is 16.1. The van der Waals surface area contributed by atoms with Crippen molar-refractivity contribution in [3.05, 3.63) is 24.3 Å². The first kappa shape index (κ1) is 16.8. The first-order chi connectivity index (χ1) is 10.9. The van der Waals surface area contributed by atoms with Crippen molar-refractivity contribution < 1.29 is 29.3 Å². The molecule has 0 aromatic heterocycles. The van der Waals surface area contributed by atoms with E-state index in [-0.39, 0.29) is 25.5 Å². The maximum absolute atomic E-state index is 11.9. The molecule has 0 radical (unpaired) electrons. The summed E-state index contributed by atoms with van der Waals surface area (Å²) in [6, 6.07) is 5.58. The lowest BCUT2D eigenvalue weighted by Crippen LogP contribution is -2.48. The standard InChI is InChI=1S/C15H18N2O6/c1-9(18)14(15(21)22)16-12(19)6-7-17-10-4-2-3-5-11(10)23-8-13(17)20/h2-5,9,14,18H,6-8H2,1H3,(H,16,19)(H,21,22). The highest BCUT2D eigenvalue weighted by molar-refractivity contribution is 5.98. The number of aliphatic hydroxyl groups is 1. The van der Waals surface area contributed by atoms with Crippen LogP contribution in [0.3, 0.4) is 0 Å². The molecule has 3 N–H and O–H groups in total. The highest BCUT2D eigenvalue weighted by Gasteiger charge is 2.28. The number of para-hydroxylation sites is 2. The van der Waals surface area contributed by atoms with Gasteiger partial charge in [0.15, 0.2) is 12.6 Å². The zero-order chi connectivity index (χ0) is 17.0. The van der Waals surface area contributed by atoms with Crippen molar-refractivity contribution in [3.8, 4) is 5.75 Å². The molecule has 0 spiro atoms. The summed E-state index contributed by atoms with van der Waals surface area (Å²) < 4.78 is 5.30. The molecule has 1 aromatic carbocycles. The highest BCUT2D eigenvalue weighted by atomic mass is 16.5. The summed E-state index contributed by atoms with van der Waals surface area (Å²) >= 11 is 0. The van der Waals surface area contributed by atoms with E-state index in [9.17, 15) is 19.5 Å². The fourth-order valence-electron chi connectivity index (χ4n) is 2.25. The molecule has 124 valence electrons. The van der Waals surface area contributed by atoms with E-state index in [1.54, 1.807) is 24.3 Å². The number of hydrogen-bond donors (Lipinski definition) is 3. The SMILES string of the molecule is CC(O)C(NC(=O)CCN1C(=O)COc2ccccc21)C(=O)O. The summed E-state index contributed by atoms with van der Waals surface area (Å²) in [5, 5.41) is 20.5. The molecule has 0 saturated heterocycles. The Hall–Kier alpha value is -2.61. The zero-order valence-corrected chi connectivity index (χ0v) is 12.6. The number of aliphatic carboxylic acids is 1. The van der Waals surface area contributed by atoms with Gasteiger partial charge in [0.1, 0.15) is 5.75 Å². The molecule has 23 heavy (non-hydrogen) atoms. The number of anilines is 1. The fourth-order valence-corrected chi connectivity index (χ4v) is 2.25. The van der Waals surface area contributed by atoms with Crippen molar-refractivity contribution in [1.82, 2.24) is 5.32 Å². The molecule has 0 aliphatic carbocycles. The van der Waals surface area contributed by atoms with Crippen LogP contribution in [-0.4, -0.2) is 53.3 Å². The van der Waals surface area contributed by atoms with E-state index < -0.39 is 24.0 Å². The average Bonchev–Trinajstić information content (AvgIpc) is 2.51. The lowest BCUT2D eigenvalue weighted by atomic mass is 10.1. The van der Waals surface area contributed by atoms with Crippen LogP contribution in [0.25, 0.3) is 0 Å². The Balaban J connectivity index is 1.99. The quantitative estimate of drug-likeness (QED) is 0.665.